The summed E-state index contributed by atoms with van der Waals surface area (Å²) >= 11 is 0. The first kappa shape index (κ1) is 25.5. The van der Waals surface area contributed by atoms with Gasteiger partial charge in [-0.25, -0.2) is 0 Å². The molecule has 0 N–H and O–H groups in total. The van der Waals surface area contributed by atoms with Crippen molar-refractivity contribution >= 4 is 22.6 Å². The third-order valence-electron chi connectivity index (χ3n) is 5.97. The van der Waals surface area contributed by atoms with Gasteiger partial charge in [0.1, 0.15) is 5.75 Å². The van der Waals surface area contributed by atoms with Crippen LogP contribution in [0.4, 0.5) is 26.3 Å². The zero-order valence-electron chi connectivity index (χ0n) is 19.0. The molecule has 1 saturated heterocycles. The van der Waals surface area contributed by atoms with Gasteiger partial charge in [-0.05, 0) is 48.9 Å². The highest BCUT2D eigenvalue weighted by Crippen LogP contribution is 2.28. The fraction of sp³-hybridized carbons (Fsp3) is 0.375. The monoisotopic (exact) mass is 513 g/mol. The second-order valence-corrected chi connectivity index (χ2v) is 8.71. The molecule has 36 heavy (non-hydrogen) atoms. The summed E-state index contributed by atoms with van der Waals surface area (Å²) in [5, 5.41) is 5.13. The van der Waals surface area contributed by atoms with Crippen molar-refractivity contribution in [1.82, 2.24) is 14.7 Å². The smallest absolute Gasteiger partial charge is 0.406 e. The van der Waals surface area contributed by atoms with Gasteiger partial charge in [-0.3, -0.25) is 14.3 Å². The van der Waals surface area contributed by atoms with E-state index in [2.05, 4.69) is 9.84 Å². The number of benzene rings is 2. The molecule has 3 aromatic rings. The molecule has 0 atom stereocenters. The summed E-state index contributed by atoms with van der Waals surface area (Å²) in [4.78, 5) is 26.4. The van der Waals surface area contributed by atoms with Crippen LogP contribution in [-0.2, 0) is 6.54 Å². The van der Waals surface area contributed by atoms with Crippen molar-refractivity contribution < 1.29 is 40.7 Å². The number of amides is 1. The van der Waals surface area contributed by atoms with E-state index in [0.29, 0.717) is 36.1 Å². The van der Waals surface area contributed by atoms with E-state index in [1.807, 2.05) is 0 Å². The molecule has 2 aromatic carbocycles. The Bertz CT molecular complexity index is 1280. The van der Waals surface area contributed by atoms with Gasteiger partial charge in [-0.2, -0.15) is 18.3 Å². The summed E-state index contributed by atoms with van der Waals surface area (Å²) in [5.74, 6) is -1.21. The Balaban J connectivity index is 1.35. The second-order valence-electron chi connectivity index (χ2n) is 8.71. The number of likely N-dealkylation sites (tertiary alicyclic amines) is 1. The Kier molecular flexibility index (Phi) is 6.72. The number of hydrogen-bond acceptors (Lipinski definition) is 4. The average Bonchev–Trinajstić information content (AvgIpc) is 3.17. The third-order valence-corrected chi connectivity index (χ3v) is 5.97. The van der Waals surface area contributed by atoms with E-state index >= 15 is 0 Å². The maximum Gasteiger partial charge on any atom is 0.573 e. The molecule has 0 unspecified atom stereocenters. The number of alkyl halides is 6. The molecule has 192 valence electrons. The lowest BCUT2D eigenvalue weighted by atomic mass is 9.98. The van der Waals surface area contributed by atoms with Gasteiger partial charge in [0.2, 0.25) is 0 Å². The van der Waals surface area contributed by atoms with Gasteiger partial charge in [0.15, 0.2) is 5.78 Å². The lowest BCUT2D eigenvalue weighted by molar-refractivity contribution is -0.274. The highest BCUT2D eigenvalue weighted by Gasteiger charge is 2.33. The number of carbonyl (C=O) groups is 2. The van der Waals surface area contributed by atoms with E-state index in [-0.39, 0.29) is 23.0 Å². The fourth-order valence-electron chi connectivity index (χ4n) is 4.16. The molecule has 0 spiro atoms. The first-order valence-electron chi connectivity index (χ1n) is 11.0. The standard InChI is InChI=1S/C24H21F6N3O3/c1-14-18(21(34)8-9-23(25,26)27)6-7-20-19(14)13-33(31-20)12-15-10-32(11-15)22(35)16-2-4-17(5-3-16)36-24(28,29)30/h2-7,13,15H,8-12H2,1H3. The van der Waals surface area contributed by atoms with E-state index in [9.17, 15) is 35.9 Å². The van der Waals surface area contributed by atoms with Gasteiger partial charge in [0.25, 0.3) is 5.91 Å². The van der Waals surface area contributed by atoms with Gasteiger partial charge in [-0.15, -0.1) is 13.2 Å². The SMILES string of the molecule is Cc1c(C(=O)CCC(F)(F)F)ccc2nn(CC3CN(C(=O)c4ccc(OC(F)(F)F)cc4)C3)cc12. The van der Waals surface area contributed by atoms with E-state index < -0.39 is 36.9 Å². The summed E-state index contributed by atoms with van der Waals surface area (Å²) in [5.41, 5.74) is 1.65. The number of aromatic nitrogens is 2. The Hall–Kier alpha value is -3.57. The van der Waals surface area contributed by atoms with Crippen LogP contribution >= 0.6 is 0 Å². The van der Waals surface area contributed by atoms with Crippen molar-refractivity contribution in [3.05, 3.63) is 59.3 Å². The lowest BCUT2D eigenvalue weighted by Gasteiger charge is -2.39. The summed E-state index contributed by atoms with van der Waals surface area (Å²) < 4.78 is 79.7. The fourth-order valence-corrected chi connectivity index (χ4v) is 4.16. The summed E-state index contributed by atoms with van der Waals surface area (Å²) in [6.45, 7) is 3.00. The summed E-state index contributed by atoms with van der Waals surface area (Å²) in [6, 6.07) is 7.79. The molecule has 0 saturated carbocycles. The molecule has 6 nitrogen and oxygen atoms in total. The minimum Gasteiger partial charge on any atom is -0.406 e. The molecule has 0 aliphatic carbocycles. The number of carbonyl (C=O) groups excluding carboxylic acids is 2. The number of Topliss-reactive ketones (excluding diaryl/α,β-unsaturated/α-hetero) is 1. The predicted octanol–water partition coefficient (Wildman–Crippen LogP) is 5.54. The maximum atomic E-state index is 12.6. The van der Waals surface area contributed by atoms with Crippen molar-refractivity contribution in [2.45, 2.75) is 38.8 Å². The van der Waals surface area contributed by atoms with E-state index in [1.165, 1.54) is 18.2 Å². The predicted molar refractivity (Wildman–Crippen MR) is 117 cm³/mol. The number of halogens is 6. The van der Waals surface area contributed by atoms with Gasteiger partial charge in [-0.1, -0.05) is 0 Å². The van der Waals surface area contributed by atoms with E-state index in [4.69, 9.17) is 0 Å². The third kappa shape index (κ3) is 5.97. The number of fused-ring (bicyclic) bond motifs is 1. The topological polar surface area (TPSA) is 64.4 Å². The lowest BCUT2D eigenvalue weighted by Crippen LogP contribution is -2.51. The van der Waals surface area contributed by atoms with Crippen LogP contribution in [0.1, 0.15) is 39.1 Å². The zero-order valence-corrected chi connectivity index (χ0v) is 19.0. The minimum absolute atomic E-state index is 0.0873. The zero-order chi connectivity index (χ0) is 26.3. The van der Waals surface area contributed by atoms with Crippen LogP contribution in [0, 0.1) is 12.8 Å². The minimum atomic E-state index is -4.81. The Morgan fingerprint density at radius 2 is 1.69 bits per heavy atom. The second kappa shape index (κ2) is 9.47. The van der Waals surface area contributed by atoms with Gasteiger partial charge >= 0.3 is 12.5 Å². The van der Waals surface area contributed by atoms with Crippen LogP contribution < -0.4 is 4.74 Å². The van der Waals surface area contributed by atoms with Crippen molar-refractivity contribution in [1.29, 1.82) is 0 Å². The van der Waals surface area contributed by atoms with Crippen LogP contribution in [0.2, 0.25) is 0 Å². The number of nitrogens with zero attached hydrogens (tertiary/aromatic N) is 3. The molecule has 1 aliphatic heterocycles. The number of hydrogen-bond donors (Lipinski definition) is 0. The molecule has 1 aromatic heterocycles. The molecule has 2 heterocycles. The highest BCUT2D eigenvalue weighted by molar-refractivity contribution is 6.01. The molecule has 4 rings (SSSR count). The Labute approximate surface area is 201 Å². The Morgan fingerprint density at radius 1 is 1.03 bits per heavy atom. The number of ketones is 1. The van der Waals surface area contributed by atoms with E-state index in [0.717, 1.165) is 12.1 Å². The van der Waals surface area contributed by atoms with Crippen molar-refractivity contribution in [2.24, 2.45) is 5.92 Å². The normalized spacial score (nSPS) is 14.7. The molecular weight excluding hydrogens is 492 g/mol. The molecule has 1 amide bonds. The largest absolute Gasteiger partial charge is 0.573 e. The van der Waals surface area contributed by atoms with Gasteiger partial charge in [0.05, 0.1) is 11.9 Å². The molecule has 0 bridgehead atoms. The molecule has 1 fully saturated rings. The Morgan fingerprint density at radius 3 is 2.31 bits per heavy atom. The number of aryl methyl sites for hydroxylation is 1. The van der Waals surface area contributed by atoms with Gasteiger partial charge in [0, 0.05) is 54.7 Å². The molecule has 0 radical (unpaired) electrons. The van der Waals surface area contributed by atoms with Crippen LogP contribution in [0.25, 0.3) is 10.9 Å². The first-order valence-corrected chi connectivity index (χ1v) is 11.0. The average molecular weight is 513 g/mol. The first-order chi connectivity index (χ1) is 16.8. The summed E-state index contributed by atoms with van der Waals surface area (Å²) in [6.07, 6.45) is -9.27. The van der Waals surface area contributed by atoms with Crippen LogP contribution in [-0.4, -0.2) is 52.0 Å². The molecular formula is C24H21F6N3O3. The van der Waals surface area contributed by atoms with Gasteiger partial charge < -0.3 is 9.64 Å². The van der Waals surface area contributed by atoms with Crippen molar-refractivity contribution in [3.63, 3.8) is 0 Å². The molecule has 1 aliphatic rings. The number of ether oxygens (including phenoxy) is 1. The van der Waals surface area contributed by atoms with Crippen LogP contribution in [0.3, 0.4) is 0 Å². The van der Waals surface area contributed by atoms with Crippen molar-refractivity contribution in [2.75, 3.05) is 13.1 Å². The number of rotatable bonds is 7. The van der Waals surface area contributed by atoms with E-state index in [1.54, 1.807) is 28.8 Å². The summed E-state index contributed by atoms with van der Waals surface area (Å²) in [7, 11) is 0. The maximum absolute atomic E-state index is 12.6. The van der Waals surface area contributed by atoms with Crippen molar-refractivity contribution in [3.8, 4) is 5.75 Å². The van der Waals surface area contributed by atoms with Crippen LogP contribution in [0.5, 0.6) is 5.75 Å². The molecule has 12 heteroatoms. The quantitative estimate of drug-likeness (QED) is 0.308. The highest BCUT2D eigenvalue weighted by atomic mass is 19.4. The van der Waals surface area contributed by atoms with Crippen LogP contribution in [0.15, 0.2) is 42.6 Å².